The number of rotatable bonds is 2. The molecule has 0 saturated carbocycles. The van der Waals surface area contributed by atoms with Gasteiger partial charge < -0.3 is 0 Å². The Kier molecular flexibility index (Phi) is 5.02. The minimum atomic E-state index is -4.62. The van der Waals surface area contributed by atoms with Crippen molar-refractivity contribution >= 4 is 20.2 Å². The van der Waals surface area contributed by atoms with Gasteiger partial charge in [-0.25, -0.2) is 0 Å². The number of hydrogen-bond acceptors (Lipinski definition) is 4. The van der Waals surface area contributed by atoms with Crippen molar-refractivity contribution in [2.45, 2.75) is 0 Å². The molecule has 67 valence electrons. The molecule has 0 aromatic carbocycles. The Morgan fingerprint density at radius 2 is 1.10 bits per heavy atom. The normalized spacial score (nSPS) is 12.2. The quantitative estimate of drug-likeness (QED) is 0.483. The van der Waals surface area contributed by atoms with Crippen LogP contribution in [-0.4, -0.2) is 31.0 Å². The van der Waals surface area contributed by atoms with Crippen molar-refractivity contribution < 1.29 is 48.3 Å². The first-order valence-corrected chi connectivity index (χ1v) is 4.83. The van der Waals surface area contributed by atoms with Gasteiger partial charge in [0.05, 0.1) is 0 Å². The predicted octanol–water partition coefficient (Wildman–Crippen LogP) is -1.28. The van der Waals surface area contributed by atoms with Crippen molar-refractivity contribution in [1.29, 1.82) is 0 Å². The fourth-order valence-corrected chi connectivity index (χ4v) is 1.69. The molecule has 1 radical (unpaired) electrons. The molecule has 6 nitrogen and oxygen atoms in total. The zero-order valence-electron chi connectivity index (χ0n) is 4.35. The third-order valence-electron chi connectivity index (χ3n) is 0.298. The van der Waals surface area contributed by atoms with Crippen molar-refractivity contribution in [1.82, 2.24) is 0 Å². The van der Waals surface area contributed by atoms with Crippen molar-refractivity contribution in [2.24, 2.45) is 0 Å². The molecule has 0 heterocycles. The average molecular weight is 284 g/mol. The third-order valence-corrected chi connectivity index (χ3v) is 2.68. The van der Waals surface area contributed by atoms with E-state index in [2.05, 4.69) is 0 Å². The second kappa shape index (κ2) is 3.81. The average Bonchev–Trinajstić information content (AvgIpc) is 1.14. The van der Waals surface area contributed by atoms with E-state index < -0.39 is 25.3 Å². The van der Waals surface area contributed by atoms with Crippen LogP contribution in [0.3, 0.4) is 0 Å². The zero-order valence-corrected chi connectivity index (χ0v) is 7.47. The molecule has 9 heteroatoms. The summed E-state index contributed by atoms with van der Waals surface area (Å²) in [5, 5.41) is -1.65. The van der Waals surface area contributed by atoms with Gasteiger partial charge in [-0.3, -0.25) is 9.11 Å². The second-order valence-electron chi connectivity index (χ2n) is 1.28. The summed E-state index contributed by atoms with van der Waals surface area (Å²) in [6, 6.07) is 0. The van der Waals surface area contributed by atoms with Gasteiger partial charge >= 0.3 is 0 Å². The van der Waals surface area contributed by atoms with E-state index in [0.29, 0.717) is 0 Å². The smallest absolute Gasteiger partial charge is 0.281 e. The predicted molar refractivity (Wildman–Crippen MR) is 28.0 cm³/mol. The van der Waals surface area contributed by atoms with Crippen LogP contribution in [-0.2, 0) is 42.6 Å². The molecule has 0 aromatic rings. The summed E-state index contributed by atoms with van der Waals surface area (Å²) in [5.41, 5.74) is 0. The first-order chi connectivity index (χ1) is 3.71. The molecular formula is CH4AgO6S2. The van der Waals surface area contributed by atoms with E-state index >= 15 is 0 Å². The van der Waals surface area contributed by atoms with E-state index in [1.165, 1.54) is 0 Å². The summed E-state index contributed by atoms with van der Waals surface area (Å²) >= 11 is 0. The summed E-state index contributed by atoms with van der Waals surface area (Å²) in [7, 11) is -9.24. The second-order valence-corrected chi connectivity index (χ2v) is 4.55. The molecule has 0 spiro atoms. The van der Waals surface area contributed by atoms with Crippen LogP contribution in [0.2, 0.25) is 0 Å². The Labute approximate surface area is 73.6 Å². The molecule has 0 fully saturated rings. The van der Waals surface area contributed by atoms with Crippen molar-refractivity contribution in [2.75, 3.05) is 5.08 Å². The molecule has 10 heavy (non-hydrogen) atoms. The van der Waals surface area contributed by atoms with Crippen LogP contribution in [0.5, 0.6) is 0 Å². The van der Waals surface area contributed by atoms with Crippen molar-refractivity contribution in [3.8, 4) is 0 Å². The van der Waals surface area contributed by atoms with E-state index in [0.717, 1.165) is 0 Å². The van der Waals surface area contributed by atoms with Crippen LogP contribution in [0.25, 0.3) is 0 Å². The van der Waals surface area contributed by atoms with E-state index in [1.807, 2.05) is 0 Å². The third kappa shape index (κ3) is 11.4. The van der Waals surface area contributed by atoms with Gasteiger partial charge in [0.1, 0.15) is 0 Å². The van der Waals surface area contributed by atoms with Gasteiger partial charge in [-0.2, -0.15) is 16.8 Å². The molecule has 0 aliphatic carbocycles. The van der Waals surface area contributed by atoms with Gasteiger partial charge in [0.25, 0.3) is 20.2 Å². The van der Waals surface area contributed by atoms with Crippen LogP contribution in [0.1, 0.15) is 0 Å². The summed E-state index contributed by atoms with van der Waals surface area (Å²) in [5.74, 6) is 0. The molecule has 0 aliphatic heterocycles. The molecule has 0 saturated heterocycles. The minimum Gasteiger partial charge on any atom is -0.285 e. The zero-order chi connectivity index (χ0) is 7.71. The van der Waals surface area contributed by atoms with Crippen LogP contribution in [0.4, 0.5) is 0 Å². The van der Waals surface area contributed by atoms with Gasteiger partial charge in [-0.15, -0.1) is 0 Å². The number of hydrogen-bond donors (Lipinski definition) is 2. The molecule has 2 N–H and O–H groups in total. The Bertz CT molecular complexity index is 241. The summed E-state index contributed by atoms with van der Waals surface area (Å²) in [4.78, 5) is 0. The molecular weight excluding hydrogens is 280 g/mol. The topological polar surface area (TPSA) is 109 Å². The van der Waals surface area contributed by atoms with Crippen LogP contribution >= 0.6 is 0 Å². The van der Waals surface area contributed by atoms with Crippen LogP contribution in [0, 0.1) is 0 Å². The Hall–Kier alpha value is 0.560. The van der Waals surface area contributed by atoms with E-state index in [1.54, 1.807) is 0 Å². The van der Waals surface area contributed by atoms with Gasteiger partial charge in [0, 0.05) is 22.4 Å². The minimum absolute atomic E-state index is 0. The molecule has 0 rings (SSSR count). The maximum atomic E-state index is 9.66. The van der Waals surface area contributed by atoms with Gasteiger partial charge in [0.15, 0.2) is 0 Å². The SMILES string of the molecule is O=S(=O)(O)CS(=O)(=O)O.[Ag]. The van der Waals surface area contributed by atoms with Crippen LogP contribution in [0.15, 0.2) is 0 Å². The Morgan fingerprint density at radius 3 is 1.10 bits per heavy atom. The van der Waals surface area contributed by atoms with Gasteiger partial charge in [-0.1, -0.05) is 0 Å². The summed E-state index contributed by atoms with van der Waals surface area (Å²) < 4.78 is 54.2. The molecule has 0 aliphatic rings. The van der Waals surface area contributed by atoms with Crippen LogP contribution < -0.4 is 0 Å². The largest absolute Gasteiger partial charge is 0.285 e. The van der Waals surface area contributed by atoms with Crippen molar-refractivity contribution in [3.05, 3.63) is 0 Å². The van der Waals surface area contributed by atoms with Gasteiger partial charge in [0.2, 0.25) is 5.08 Å². The first-order valence-electron chi connectivity index (χ1n) is 1.61. The maximum absolute atomic E-state index is 9.66. The van der Waals surface area contributed by atoms with E-state index in [-0.39, 0.29) is 22.4 Å². The Balaban J connectivity index is 0. The summed E-state index contributed by atoms with van der Waals surface area (Å²) in [6.45, 7) is 0. The fourth-order valence-electron chi connectivity index (χ4n) is 0.188. The Morgan fingerprint density at radius 1 is 0.900 bits per heavy atom. The maximum Gasteiger partial charge on any atom is 0.281 e. The molecule has 0 unspecified atom stereocenters. The first kappa shape index (κ1) is 13.2. The fraction of sp³-hybridized carbons (Fsp3) is 1.00. The van der Waals surface area contributed by atoms with E-state index in [9.17, 15) is 16.8 Å². The summed E-state index contributed by atoms with van der Waals surface area (Å²) in [6.07, 6.45) is 0. The van der Waals surface area contributed by atoms with Crippen molar-refractivity contribution in [3.63, 3.8) is 0 Å². The monoisotopic (exact) mass is 283 g/mol. The molecule has 0 atom stereocenters. The molecule has 0 amide bonds. The molecule has 0 aromatic heterocycles. The van der Waals surface area contributed by atoms with E-state index in [4.69, 9.17) is 9.11 Å². The molecule has 0 bridgehead atoms. The standard InChI is InChI=1S/CH4O6S2.Ag/c2-8(3,4)1-9(5,6)7;/h1H2,(H,2,3,4)(H,5,6,7);. The van der Waals surface area contributed by atoms with Gasteiger partial charge in [-0.05, 0) is 0 Å².